The van der Waals surface area contributed by atoms with Gasteiger partial charge in [-0.05, 0) is 57.3 Å². The molecule has 1 atom stereocenters. The summed E-state index contributed by atoms with van der Waals surface area (Å²) >= 11 is 3.73. The Hall–Kier alpha value is -0.0900. The first kappa shape index (κ1) is 12.0. The zero-order valence-corrected chi connectivity index (χ0v) is 11.1. The van der Waals surface area contributed by atoms with Gasteiger partial charge in [-0.3, -0.25) is 0 Å². The Morgan fingerprint density at radius 3 is 2.29 bits per heavy atom. The maximum atomic E-state index is 10.5. The minimum atomic E-state index is -1.68. The molecule has 0 amide bonds. The van der Waals surface area contributed by atoms with Crippen molar-refractivity contribution in [1.29, 1.82) is 0 Å². The van der Waals surface area contributed by atoms with Gasteiger partial charge in [0.15, 0.2) is 6.10 Å². The zero-order chi connectivity index (χ0) is 10.9. The molecule has 0 aliphatic heterocycles. The van der Waals surface area contributed by atoms with Gasteiger partial charge >= 0.3 is 5.97 Å². The van der Waals surface area contributed by atoms with Crippen LogP contribution in [0.25, 0.3) is 0 Å². The van der Waals surface area contributed by atoms with Crippen molar-refractivity contribution in [2.24, 2.45) is 0 Å². The SMILES string of the molecule is O=C(O)C(O)c1c(I)ccc(I)c1O. The number of carboxylic acid groups (broad SMARTS) is 1. The second-order valence-electron chi connectivity index (χ2n) is 2.53. The number of rotatable bonds is 2. The summed E-state index contributed by atoms with van der Waals surface area (Å²) in [5, 5.41) is 27.5. The third kappa shape index (κ3) is 2.28. The fourth-order valence-electron chi connectivity index (χ4n) is 0.940. The molecule has 76 valence electrons. The van der Waals surface area contributed by atoms with E-state index in [4.69, 9.17) is 5.11 Å². The second kappa shape index (κ2) is 4.62. The van der Waals surface area contributed by atoms with E-state index in [0.29, 0.717) is 7.14 Å². The number of hydrogen-bond acceptors (Lipinski definition) is 3. The predicted octanol–water partition coefficient (Wildman–Crippen LogP) is 1.72. The van der Waals surface area contributed by atoms with E-state index in [-0.39, 0.29) is 11.3 Å². The standard InChI is InChI=1S/C8H6I2O4/c9-3-1-2-4(10)6(11)5(3)7(12)8(13)14/h1-2,7,11-12H,(H,13,14). The van der Waals surface area contributed by atoms with Crippen LogP contribution in [0.5, 0.6) is 5.75 Å². The number of hydrogen-bond donors (Lipinski definition) is 3. The molecule has 0 aliphatic rings. The topological polar surface area (TPSA) is 77.8 Å². The molecule has 4 nitrogen and oxygen atoms in total. The molecule has 0 fully saturated rings. The molecule has 0 saturated carbocycles. The molecule has 0 radical (unpaired) electrons. The van der Waals surface area contributed by atoms with E-state index in [0.717, 1.165) is 0 Å². The molecular formula is C8H6I2O4. The summed E-state index contributed by atoms with van der Waals surface area (Å²) in [6.45, 7) is 0. The van der Waals surface area contributed by atoms with Gasteiger partial charge in [0.1, 0.15) is 5.75 Å². The zero-order valence-electron chi connectivity index (χ0n) is 6.74. The predicted molar refractivity (Wildman–Crippen MR) is 66.1 cm³/mol. The van der Waals surface area contributed by atoms with E-state index in [9.17, 15) is 15.0 Å². The highest BCUT2D eigenvalue weighted by Gasteiger charge is 2.23. The van der Waals surface area contributed by atoms with Crippen molar-refractivity contribution in [3.8, 4) is 5.75 Å². The third-order valence-electron chi connectivity index (χ3n) is 1.62. The van der Waals surface area contributed by atoms with Crippen molar-refractivity contribution in [2.45, 2.75) is 6.10 Å². The molecule has 1 aromatic rings. The van der Waals surface area contributed by atoms with Crippen LogP contribution < -0.4 is 0 Å². The second-order valence-corrected chi connectivity index (χ2v) is 4.86. The molecule has 1 aromatic carbocycles. The summed E-state index contributed by atoms with van der Waals surface area (Å²) in [5.74, 6) is -1.55. The van der Waals surface area contributed by atoms with Crippen molar-refractivity contribution in [3.63, 3.8) is 0 Å². The summed E-state index contributed by atoms with van der Waals surface area (Å²) < 4.78 is 1.04. The molecule has 0 saturated heterocycles. The lowest BCUT2D eigenvalue weighted by molar-refractivity contribution is -0.147. The molecule has 1 rings (SSSR count). The van der Waals surface area contributed by atoms with Crippen LogP contribution in [0.2, 0.25) is 0 Å². The normalized spacial score (nSPS) is 12.5. The maximum absolute atomic E-state index is 10.5. The third-order valence-corrected chi connectivity index (χ3v) is 3.43. The van der Waals surface area contributed by atoms with Crippen LogP contribution in [0.1, 0.15) is 11.7 Å². The molecule has 0 aliphatic carbocycles. The van der Waals surface area contributed by atoms with Crippen LogP contribution in [0.3, 0.4) is 0 Å². The number of phenols is 1. The largest absolute Gasteiger partial charge is 0.506 e. The first-order chi connectivity index (χ1) is 6.45. The molecule has 14 heavy (non-hydrogen) atoms. The Labute approximate surface area is 107 Å². The summed E-state index contributed by atoms with van der Waals surface area (Å²) in [6, 6.07) is 3.29. The first-order valence-corrected chi connectivity index (χ1v) is 5.68. The van der Waals surface area contributed by atoms with Gasteiger partial charge in [0.05, 0.1) is 3.57 Å². The van der Waals surface area contributed by atoms with Crippen molar-refractivity contribution >= 4 is 51.2 Å². The lowest BCUT2D eigenvalue weighted by Crippen LogP contribution is -2.12. The van der Waals surface area contributed by atoms with Gasteiger partial charge in [0, 0.05) is 9.13 Å². The van der Waals surface area contributed by atoms with E-state index < -0.39 is 12.1 Å². The molecule has 0 spiro atoms. The lowest BCUT2D eigenvalue weighted by Gasteiger charge is -2.11. The van der Waals surface area contributed by atoms with Gasteiger partial charge in [0.25, 0.3) is 0 Å². The molecule has 0 bridgehead atoms. The number of aliphatic hydroxyl groups excluding tert-OH is 1. The Balaban J connectivity index is 3.32. The molecule has 0 heterocycles. The van der Waals surface area contributed by atoms with E-state index in [1.807, 2.05) is 45.2 Å². The lowest BCUT2D eigenvalue weighted by atomic mass is 10.1. The average molecular weight is 420 g/mol. The van der Waals surface area contributed by atoms with Gasteiger partial charge < -0.3 is 15.3 Å². The first-order valence-electron chi connectivity index (χ1n) is 3.53. The highest BCUT2D eigenvalue weighted by Crippen LogP contribution is 2.33. The quantitative estimate of drug-likeness (QED) is 0.638. The molecular weight excluding hydrogens is 414 g/mol. The average Bonchev–Trinajstić information content (AvgIpc) is 2.12. The smallest absolute Gasteiger partial charge is 0.337 e. The number of aliphatic hydroxyl groups is 1. The Bertz CT molecular complexity index is 378. The van der Waals surface area contributed by atoms with Crippen LogP contribution in [-0.2, 0) is 4.79 Å². The van der Waals surface area contributed by atoms with Crippen LogP contribution >= 0.6 is 45.2 Å². The summed E-state index contributed by atoms with van der Waals surface area (Å²) in [7, 11) is 0. The van der Waals surface area contributed by atoms with Crippen molar-refractivity contribution < 1.29 is 20.1 Å². The number of phenolic OH excluding ortho intramolecular Hbond substituents is 1. The molecule has 1 unspecified atom stereocenters. The van der Waals surface area contributed by atoms with Crippen LogP contribution in [0.15, 0.2) is 12.1 Å². The Morgan fingerprint density at radius 1 is 1.29 bits per heavy atom. The molecule has 6 heteroatoms. The van der Waals surface area contributed by atoms with Crippen molar-refractivity contribution in [1.82, 2.24) is 0 Å². The highest BCUT2D eigenvalue weighted by molar-refractivity contribution is 14.1. The fraction of sp³-hybridized carbons (Fsp3) is 0.125. The van der Waals surface area contributed by atoms with Crippen LogP contribution in [0.4, 0.5) is 0 Å². The van der Waals surface area contributed by atoms with Gasteiger partial charge in [-0.25, -0.2) is 4.79 Å². The monoisotopic (exact) mass is 420 g/mol. The van der Waals surface area contributed by atoms with Gasteiger partial charge in [-0.2, -0.15) is 0 Å². The number of benzene rings is 1. The Kier molecular flexibility index (Phi) is 3.95. The molecule has 0 aromatic heterocycles. The number of aromatic hydroxyl groups is 1. The van der Waals surface area contributed by atoms with Crippen LogP contribution in [0, 0.1) is 7.14 Å². The summed E-state index contributed by atoms with van der Waals surface area (Å²) in [4.78, 5) is 10.5. The molecule has 3 N–H and O–H groups in total. The summed E-state index contributed by atoms with van der Waals surface area (Å²) in [6.07, 6.45) is -1.68. The van der Waals surface area contributed by atoms with Gasteiger partial charge in [-0.1, -0.05) is 0 Å². The minimum Gasteiger partial charge on any atom is -0.506 e. The number of aliphatic carboxylic acids is 1. The van der Waals surface area contributed by atoms with E-state index in [2.05, 4.69) is 0 Å². The van der Waals surface area contributed by atoms with Gasteiger partial charge in [0.2, 0.25) is 0 Å². The van der Waals surface area contributed by atoms with E-state index in [1.165, 1.54) is 0 Å². The Morgan fingerprint density at radius 2 is 1.79 bits per heavy atom. The number of carbonyl (C=O) groups is 1. The number of halogens is 2. The fourth-order valence-corrected chi connectivity index (χ4v) is 2.14. The number of carboxylic acids is 1. The maximum Gasteiger partial charge on any atom is 0.337 e. The minimum absolute atomic E-state index is 0.0463. The van der Waals surface area contributed by atoms with Crippen molar-refractivity contribution in [3.05, 3.63) is 24.8 Å². The summed E-state index contributed by atoms with van der Waals surface area (Å²) in [5.41, 5.74) is 0.0463. The van der Waals surface area contributed by atoms with Crippen LogP contribution in [-0.4, -0.2) is 21.3 Å². The van der Waals surface area contributed by atoms with E-state index >= 15 is 0 Å². The highest BCUT2D eigenvalue weighted by atomic mass is 127. The van der Waals surface area contributed by atoms with Gasteiger partial charge in [-0.15, -0.1) is 0 Å². The van der Waals surface area contributed by atoms with Crippen molar-refractivity contribution in [2.75, 3.05) is 0 Å². The van der Waals surface area contributed by atoms with E-state index in [1.54, 1.807) is 12.1 Å².